The zero-order valence-corrected chi connectivity index (χ0v) is 27.1. The van der Waals surface area contributed by atoms with Crippen molar-refractivity contribution in [3.8, 4) is 0 Å². The average molecular weight is 677 g/mol. The second-order valence-electron chi connectivity index (χ2n) is 8.23. The normalized spacial score (nSPS) is 12.5. The van der Waals surface area contributed by atoms with E-state index in [0.717, 1.165) is 34.7 Å². The molecule has 0 spiro atoms. The molecule has 0 radical (unpaired) electrons. The van der Waals surface area contributed by atoms with E-state index in [9.17, 15) is 26.4 Å². The minimum Gasteiger partial charge on any atom is -0.461 e. The summed E-state index contributed by atoms with van der Waals surface area (Å²) in [6.45, 7) is 7.04. The number of benzene rings is 2. The zero-order chi connectivity index (χ0) is 31.9. The van der Waals surface area contributed by atoms with Crippen LogP contribution >= 0.6 is 23.5 Å². The number of hydrogen-bond donors (Lipinski definition) is 0. The summed E-state index contributed by atoms with van der Waals surface area (Å²) in [6.07, 6.45) is 0. The highest BCUT2D eigenvalue weighted by Gasteiger charge is 2.21. The van der Waals surface area contributed by atoms with Gasteiger partial charge in [-0.05, 0) is 52.0 Å². The van der Waals surface area contributed by atoms with Crippen LogP contribution in [0.2, 0.25) is 0 Å². The third kappa shape index (κ3) is 12.6. The zero-order valence-electron chi connectivity index (χ0n) is 23.9. The van der Waals surface area contributed by atoms with Gasteiger partial charge in [0, 0.05) is 11.5 Å². The summed E-state index contributed by atoms with van der Waals surface area (Å²) in [5, 5.41) is 6.36. The van der Waals surface area contributed by atoms with Crippen molar-refractivity contribution in [2.75, 3.05) is 37.9 Å². The van der Waals surface area contributed by atoms with Crippen molar-refractivity contribution in [3.05, 3.63) is 59.7 Å². The van der Waals surface area contributed by atoms with Gasteiger partial charge in [0.15, 0.2) is 0 Å². The Morgan fingerprint density at radius 2 is 1.00 bits per heavy atom. The molecule has 0 aliphatic carbocycles. The first-order valence-electron chi connectivity index (χ1n) is 12.7. The van der Waals surface area contributed by atoms with E-state index in [1.807, 2.05) is 0 Å². The first-order valence-corrected chi connectivity index (χ1v) is 17.5. The van der Waals surface area contributed by atoms with Gasteiger partial charge in [-0.25, -0.2) is 9.59 Å². The summed E-state index contributed by atoms with van der Waals surface area (Å²) >= 11 is 1.73. The molecule has 13 nitrogen and oxygen atoms in total. The number of aryl methyl sites for hydroxylation is 2. The van der Waals surface area contributed by atoms with Crippen molar-refractivity contribution in [1.29, 1.82) is 0 Å². The van der Waals surface area contributed by atoms with Crippen LogP contribution in [0, 0.1) is 13.8 Å². The van der Waals surface area contributed by atoms with E-state index in [1.165, 1.54) is 24.3 Å². The van der Waals surface area contributed by atoms with E-state index in [4.69, 9.17) is 22.8 Å². The lowest BCUT2D eigenvalue weighted by Crippen LogP contribution is -2.18. The molecule has 236 valence electrons. The Bertz CT molecular complexity index is 1380. The summed E-state index contributed by atoms with van der Waals surface area (Å²) in [5.41, 5.74) is 1.71. The smallest absolute Gasteiger partial charge is 0.367 e. The molecule has 0 unspecified atom stereocenters. The van der Waals surface area contributed by atoms with E-state index in [0.29, 0.717) is 0 Å². The molecule has 0 heterocycles. The molecule has 2 aromatic rings. The molecule has 0 aromatic heterocycles. The molecule has 43 heavy (non-hydrogen) atoms. The van der Waals surface area contributed by atoms with Gasteiger partial charge in [-0.1, -0.05) is 69.2 Å². The van der Waals surface area contributed by atoms with Gasteiger partial charge in [-0.2, -0.15) is 16.8 Å². The summed E-state index contributed by atoms with van der Waals surface area (Å²) in [7, 11) is -8.51. The first-order chi connectivity index (χ1) is 20.4. The van der Waals surface area contributed by atoms with Crippen molar-refractivity contribution < 1.29 is 49.2 Å². The number of hydrogen-bond acceptors (Lipinski definition) is 15. The van der Waals surface area contributed by atoms with Gasteiger partial charge in [-0.15, -0.1) is 0 Å². The SMILES string of the molecule is CCOC(=O)/C(=N/OS(=O)(=O)c1ccc(C)cc1)SCCOCCS/C(=N\OS(=O)(=O)c1ccc(C)cc1)C(=O)OCC. The van der Waals surface area contributed by atoms with Crippen LogP contribution in [-0.4, -0.2) is 76.8 Å². The predicted molar refractivity (Wildman–Crippen MR) is 163 cm³/mol. The fourth-order valence-electron chi connectivity index (χ4n) is 2.79. The van der Waals surface area contributed by atoms with Gasteiger partial charge in [0.05, 0.1) is 26.4 Å². The predicted octanol–water partition coefficient (Wildman–Crippen LogP) is 3.65. The molecule has 0 aliphatic rings. The van der Waals surface area contributed by atoms with Gasteiger partial charge in [0.25, 0.3) is 0 Å². The fraction of sp³-hybridized carbons (Fsp3) is 0.385. The second kappa shape index (κ2) is 17.9. The quantitative estimate of drug-likeness (QED) is 0.0934. The molecule has 0 amide bonds. The monoisotopic (exact) mass is 676 g/mol. The number of esters is 2. The van der Waals surface area contributed by atoms with E-state index in [1.54, 1.807) is 52.0 Å². The second-order valence-corrected chi connectivity index (χ2v) is 13.5. The Labute approximate surface area is 259 Å². The van der Waals surface area contributed by atoms with Gasteiger partial charge in [0.2, 0.25) is 10.1 Å². The molecule has 17 heteroatoms. The Balaban J connectivity index is 1.90. The maximum absolute atomic E-state index is 12.4. The number of ether oxygens (including phenoxy) is 3. The fourth-order valence-corrected chi connectivity index (χ4v) is 5.66. The molecular formula is C26H32N2O11S4. The summed E-state index contributed by atoms with van der Waals surface area (Å²) in [4.78, 5) is 24.2. The minimum atomic E-state index is -4.25. The number of rotatable bonds is 14. The Morgan fingerprint density at radius 3 is 1.33 bits per heavy atom. The van der Waals surface area contributed by atoms with Gasteiger partial charge < -0.3 is 14.2 Å². The summed E-state index contributed by atoms with van der Waals surface area (Å²) < 4.78 is 74.4. The number of oxime groups is 2. The van der Waals surface area contributed by atoms with Crippen LogP contribution in [0.5, 0.6) is 0 Å². The van der Waals surface area contributed by atoms with Gasteiger partial charge in [0.1, 0.15) is 9.79 Å². The van der Waals surface area contributed by atoms with Crippen LogP contribution in [0.25, 0.3) is 0 Å². The van der Waals surface area contributed by atoms with Crippen molar-refractivity contribution in [1.82, 2.24) is 0 Å². The topological polar surface area (TPSA) is 173 Å². The Kier molecular flexibility index (Phi) is 15.0. The molecule has 0 aliphatic heterocycles. The van der Waals surface area contributed by atoms with Crippen molar-refractivity contribution >= 4 is 65.8 Å². The lowest BCUT2D eigenvalue weighted by atomic mass is 10.2. The van der Waals surface area contributed by atoms with Crippen molar-refractivity contribution in [3.63, 3.8) is 0 Å². The van der Waals surface area contributed by atoms with E-state index >= 15 is 0 Å². The number of carbonyl (C=O) groups is 2. The van der Waals surface area contributed by atoms with Crippen molar-refractivity contribution in [2.24, 2.45) is 10.3 Å². The highest BCUT2D eigenvalue weighted by molar-refractivity contribution is 8.16. The summed E-state index contributed by atoms with van der Waals surface area (Å²) in [6, 6.07) is 11.8. The number of nitrogens with zero attached hydrogens (tertiary/aromatic N) is 2. The Hall–Kier alpha value is -3.12. The molecule has 0 fully saturated rings. The molecule has 0 saturated carbocycles. The molecule has 0 N–H and O–H groups in total. The molecule has 0 saturated heterocycles. The molecule has 0 atom stereocenters. The summed E-state index contributed by atoms with van der Waals surface area (Å²) in [5.74, 6) is -1.38. The third-order valence-corrected chi connectivity index (χ3v) is 8.90. The standard InChI is InChI=1S/C26H32N2O11S4/c1-5-36-25(29)23(27-38-42(31,32)21-11-7-19(3)8-12-21)40-17-15-35-16-18-41-24(26(30)37-6-2)28-39-43(33,34)22-13-9-20(4)10-14-22/h7-14H,5-6,15-18H2,1-4H3/b27-23-,28-24-. The molecule has 2 rings (SSSR count). The Morgan fingerprint density at radius 1 is 0.651 bits per heavy atom. The first kappa shape index (κ1) is 36.1. The van der Waals surface area contributed by atoms with E-state index in [2.05, 4.69) is 10.3 Å². The molecular weight excluding hydrogens is 645 g/mol. The maximum Gasteiger partial charge on any atom is 0.367 e. The van der Waals surface area contributed by atoms with Crippen LogP contribution < -0.4 is 0 Å². The highest BCUT2D eigenvalue weighted by atomic mass is 32.2. The van der Waals surface area contributed by atoms with Crippen LogP contribution in [0.15, 0.2) is 68.6 Å². The highest BCUT2D eigenvalue weighted by Crippen LogP contribution is 2.17. The lowest BCUT2D eigenvalue weighted by molar-refractivity contribution is -0.135. The van der Waals surface area contributed by atoms with E-state index in [-0.39, 0.29) is 57.8 Å². The minimum absolute atomic E-state index is 0.0389. The van der Waals surface area contributed by atoms with Crippen LogP contribution in [0.4, 0.5) is 0 Å². The van der Waals surface area contributed by atoms with Crippen LogP contribution in [-0.2, 0) is 52.6 Å². The van der Waals surface area contributed by atoms with Crippen LogP contribution in [0.3, 0.4) is 0 Å². The van der Waals surface area contributed by atoms with Gasteiger partial charge >= 0.3 is 32.2 Å². The largest absolute Gasteiger partial charge is 0.461 e. The third-order valence-electron chi connectivity index (χ3n) is 4.89. The average Bonchev–Trinajstić information content (AvgIpc) is 2.96. The van der Waals surface area contributed by atoms with Crippen molar-refractivity contribution in [2.45, 2.75) is 37.5 Å². The molecule has 2 aromatic carbocycles. The lowest BCUT2D eigenvalue weighted by Gasteiger charge is -2.08. The molecule has 0 bridgehead atoms. The maximum atomic E-state index is 12.4. The number of carbonyl (C=O) groups excluding carboxylic acids is 2. The number of thioether (sulfide) groups is 2. The van der Waals surface area contributed by atoms with Gasteiger partial charge in [-0.3, -0.25) is 8.57 Å². The van der Waals surface area contributed by atoms with E-state index < -0.39 is 32.2 Å². The van der Waals surface area contributed by atoms with Crippen LogP contribution in [0.1, 0.15) is 25.0 Å².